The van der Waals surface area contributed by atoms with E-state index in [1.165, 1.54) is 32.2 Å². The molecule has 1 rings (SSSR count). The van der Waals surface area contributed by atoms with E-state index in [0.717, 1.165) is 0 Å². The summed E-state index contributed by atoms with van der Waals surface area (Å²) in [6.45, 7) is 7.02. The Hall–Kier alpha value is -1.60. The molecule has 1 aromatic rings. The van der Waals surface area contributed by atoms with E-state index in [9.17, 15) is 13.2 Å². The van der Waals surface area contributed by atoms with Crippen LogP contribution in [0, 0.1) is 5.92 Å². The van der Waals surface area contributed by atoms with Gasteiger partial charge in [0.25, 0.3) is 0 Å². The van der Waals surface area contributed by atoms with Crippen LogP contribution in [0.4, 0.5) is 5.69 Å². The van der Waals surface area contributed by atoms with E-state index in [2.05, 4.69) is 10.0 Å². The van der Waals surface area contributed by atoms with Crippen molar-refractivity contribution in [1.29, 1.82) is 0 Å². The number of methoxy groups -OCH3 is 1. The van der Waals surface area contributed by atoms with Crippen LogP contribution in [0.5, 0.6) is 5.75 Å². The number of carbonyl (C=O) groups is 1. The minimum absolute atomic E-state index is 0.0829. The molecular formula is C14H22N2O4S. The number of hydrogen-bond donors (Lipinski definition) is 2. The highest BCUT2D eigenvalue weighted by atomic mass is 32.2. The Morgan fingerprint density at radius 1 is 1.24 bits per heavy atom. The number of hydrogen-bond acceptors (Lipinski definition) is 4. The molecule has 0 aromatic heterocycles. The highest BCUT2D eigenvalue weighted by Crippen LogP contribution is 2.27. The molecule has 6 nitrogen and oxygen atoms in total. The Balaban J connectivity index is 3.15. The molecule has 0 saturated heterocycles. The Morgan fingerprint density at radius 2 is 1.86 bits per heavy atom. The van der Waals surface area contributed by atoms with E-state index in [-0.39, 0.29) is 22.8 Å². The third-order valence-corrected chi connectivity index (χ3v) is 4.69. The molecule has 0 bridgehead atoms. The third kappa shape index (κ3) is 4.71. The molecule has 0 radical (unpaired) electrons. The predicted molar refractivity (Wildman–Crippen MR) is 81.9 cm³/mol. The van der Waals surface area contributed by atoms with Gasteiger partial charge in [0.1, 0.15) is 5.75 Å². The van der Waals surface area contributed by atoms with E-state index in [1.54, 1.807) is 6.92 Å². The molecular weight excluding hydrogens is 292 g/mol. The van der Waals surface area contributed by atoms with Crippen molar-refractivity contribution in [3.8, 4) is 5.75 Å². The summed E-state index contributed by atoms with van der Waals surface area (Å²) in [6, 6.07) is 4.15. The summed E-state index contributed by atoms with van der Waals surface area (Å²) in [5, 5.41) is 2.56. The summed E-state index contributed by atoms with van der Waals surface area (Å²) in [6.07, 6.45) is 0. The molecule has 0 fully saturated rings. The molecule has 1 atom stereocenters. The number of benzene rings is 1. The second kappa shape index (κ2) is 6.91. The van der Waals surface area contributed by atoms with Gasteiger partial charge >= 0.3 is 0 Å². The van der Waals surface area contributed by atoms with Gasteiger partial charge in [-0.05, 0) is 31.0 Å². The van der Waals surface area contributed by atoms with Gasteiger partial charge in [0, 0.05) is 13.0 Å². The third-order valence-electron chi connectivity index (χ3n) is 3.13. The van der Waals surface area contributed by atoms with Crippen LogP contribution < -0.4 is 14.8 Å². The number of nitrogens with one attached hydrogen (secondary N) is 2. The summed E-state index contributed by atoms with van der Waals surface area (Å²) >= 11 is 0. The Morgan fingerprint density at radius 3 is 2.33 bits per heavy atom. The van der Waals surface area contributed by atoms with Crippen molar-refractivity contribution in [3.05, 3.63) is 18.2 Å². The molecule has 7 heteroatoms. The first-order chi connectivity index (χ1) is 9.67. The summed E-state index contributed by atoms with van der Waals surface area (Å²) in [7, 11) is -2.19. The predicted octanol–water partition coefficient (Wildman–Crippen LogP) is 1.98. The van der Waals surface area contributed by atoms with Crippen LogP contribution in [-0.4, -0.2) is 27.5 Å². The van der Waals surface area contributed by atoms with Crippen LogP contribution in [0.2, 0.25) is 0 Å². The van der Waals surface area contributed by atoms with Crippen LogP contribution >= 0.6 is 0 Å². The molecule has 0 heterocycles. The van der Waals surface area contributed by atoms with Crippen molar-refractivity contribution in [2.24, 2.45) is 5.92 Å². The first-order valence-electron chi connectivity index (χ1n) is 6.65. The van der Waals surface area contributed by atoms with Gasteiger partial charge in [0.05, 0.1) is 17.7 Å². The van der Waals surface area contributed by atoms with Crippen molar-refractivity contribution in [3.63, 3.8) is 0 Å². The lowest BCUT2D eigenvalue weighted by Crippen LogP contribution is -2.36. The average Bonchev–Trinajstić information content (AvgIpc) is 2.37. The molecule has 118 valence electrons. The minimum Gasteiger partial charge on any atom is -0.495 e. The van der Waals surface area contributed by atoms with Crippen molar-refractivity contribution in [2.45, 2.75) is 38.6 Å². The average molecular weight is 314 g/mol. The zero-order valence-corrected chi connectivity index (χ0v) is 13.7. The maximum Gasteiger partial charge on any atom is 0.240 e. The molecule has 1 amide bonds. The number of anilines is 1. The molecule has 0 spiro atoms. The number of rotatable bonds is 6. The quantitative estimate of drug-likeness (QED) is 0.841. The van der Waals surface area contributed by atoms with Gasteiger partial charge in [-0.25, -0.2) is 13.1 Å². The maximum atomic E-state index is 12.3. The van der Waals surface area contributed by atoms with Gasteiger partial charge in [-0.1, -0.05) is 13.8 Å². The van der Waals surface area contributed by atoms with Crippen LogP contribution in [0.15, 0.2) is 23.1 Å². The molecule has 21 heavy (non-hydrogen) atoms. The van der Waals surface area contributed by atoms with E-state index < -0.39 is 10.0 Å². The normalized spacial score (nSPS) is 13.0. The Bertz CT molecular complexity index is 611. The number of amides is 1. The summed E-state index contributed by atoms with van der Waals surface area (Å²) in [4.78, 5) is 11.3. The molecule has 0 aliphatic carbocycles. The molecule has 0 aliphatic heterocycles. The van der Waals surface area contributed by atoms with Gasteiger partial charge in [-0.2, -0.15) is 0 Å². The SMILES string of the molecule is COc1ccc(S(=O)(=O)NC(C)C(C)C)cc1NC(C)=O. The summed E-state index contributed by atoms with van der Waals surface area (Å²) < 4.78 is 32.4. The van der Waals surface area contributed by atoms with Crippen molar-refractivity contribution < 1.29 is 17.9 Å². The van der Waals surface area contributed by atoms with E-state index in [0.29, 0.717) is 11.4 Å². The second-order valence-electron chi connectivity index (χ2n) is 5.20. The fraction of sp³-hybridized carbons (Fsp3) is 0.500. The lowest BCUT2D eigenvalue weighted by atomic mass is 10.1. The standard InChI is InChI=1S/C14H22N2O4S/c1-9(2)10(3)16-21(18,19)12-6-7-14(20-5)13(8-12)15-11(4)17/h6-10,16H,1-5H3,(H,15,17). The number of ether oxygens (including phenoxy) is 1. The topological polar surface area (TPSA) is 84.5 Å². The fourth-order valence-electron chi connectivity index (χ4n) is 1.59. The lowest BCUT2D eigenvalue weighted by Gasteiger charge is -2.18. The Kier molecular flexibility index (Phi) is 5.74. The van der Waals surface area contributed by atoms with Gasteiger partial charge in [0.15, 0.2) is 0 Å². The molecule has 2 N–H and O–H groups in total. The number of sulfonamides is 1. The highest BCUT2D eigenvalue weighted by Gasteiger charge is 2.20. The minimum atomic E-state index is -3.64. The van der Waals surface area contributed by atoms with Crippen LogP contribution in [0.1, 0.15) is 27.7 Å². The first kappa shape index (κ1) is 17.5. The monoisotopic (exact) mass is 314 g/mol. The van der Waals surface area contributed by atoms with Crippen molar-refractivity contribution in [1.82, 2.24) is 4.72 Å². The maximum absolute atomic E-state index is 12.3. The zero-order chi connectivity index (χ0) is 16.2. The van der Waals surface area contributed by atoms with Crippen LogP contribution in [0.3, 0.4) is 0 Å². The van der Waals surface area contributed by atoms with Gasteiger partial charge in [-0.3, -0.25) is 4.79 Å². The highest BCUT2D eigenvalue weighted by molar-refractivity contribution is 7.89. The van der Waals surface area contributed by atoms with Gasteiger partial charge in [0.2, 0.25) is 15.9 Å². The second-order valence-corrected chi connectivity index (χ2v) is 6.91. The largest absolute Gasteiger partial charge is 0.495 e. The zero-order valence-electron chi connectivity index (χ0n) is 12.9. The van der Waals surface area contributed by atoms with E-state index in [1.807, 2.05) is 13.8 Å². The first-order valence-corrected chi connectivity index (χ1v) is 8.13. The van der Waals surface area contributed by atoms with Crippen molar-refractivity contribution >= 4 is 21.6 Å². The molecule has 0 saturated carbocycles. The lowest BCUT2D eigenvalue weighted by molar-refractivity contribution is -0.114. The van der Waals surface area contributed by atoms with E-state index in [4.69, 9.17) is 4.74 Å². The van der Waals surface area contributed by atoms with Gasteiger partial charge in [-0.15, -0.1) is 0 Å². The van der Waals surface area contributed by atoms with E-state index >= 15 is 0 Å². The van der Waals surface area contributed by atoms with Gasteiger partial charge < -0.3 is 10.1 Å². The molecule has 1 unspecified atom stereocenters. The fourth-order valence-corrected chi connectivity index (χ4v) is 3.01. The van der Waals surface area contributed by atoms with Crippen LogP contribution in [-0.2, 0) is 14.8 Å². The molecule has 0 aliphatic rings. The van der Waals surface area contributed by atoms with Crippen LogP contribution in [0.25, 0.3) is 0 Å². The summed E-state index contributed by atoms with van der Waals surface area (Å²) in [5.41, 5.74) is 0.324. The molecule has 1 aromatic carbocycles. The smallest absolute Gasteiger partial charge is 0.240 e. The Labute approximate surface area is 125 Å². The number of carbonyl (C=O) groups excluding carboxylic acids is 1. The van der Waals surface area contributed by atoms with Crippen molar-refractivity contribution in [2.75, 3.05) is 12.4 Å². The summed E-state index contributed by atoms with van der Waals surface area (Å²) in [5.74, 6) is 0.278.